The van der Waals surface area contributed by atoms with Crippen LogP contribution in [0.5, 0.6) is 11.5 Å². The minimum atomic E-state index is 0.697. The van der Waals surface area contributed by atoms with Gasteiger partial charge in [-0.1, -0.05) is 127 Å². The lowest BCUT2D eigenvalue weighted by Gasteiger charge is -2.22. The van der Waals surface area contributed by atoms with E-state index in [1.807, 2.05) is 30.3 Å². The van der Waals surface area contributed by atoms with Crippen LogP contribution in [-0.2, 0) is 0 Å². The fraction of sp³-hybridized carbons (Fsp3) is 0. The Kier molecular flexibility index (Phi) is 5.82. The summed E-state index contributed by atoms with van der Waals surface area (Å²) in [5.74, 6) is 2.44. The summed E-state index contributed by atoms with van der Waals surface area (Å²) in [4.78, 5) is 10.2. The van der Waals surface area contributed by atoms with Gasteiger partial charge in [-0.25, -0.2) is 9.97 Å². The fourth-order valence-corrected chi connectivity index (χ4v) is 6.48. The molecule has 0 saturated carbocycles. The number of fused-ring (bicyclic) bond motifs is 3. The van der Waals surface area contributed by atoms with Gasteiger partial charge in [0.15, 0.2) is 5.82 Å². The van der Waals surface area contributed by atoms with Gasteiger partial charge in [-0.05, 0) is 63.2 Å². The van der Waals surface area contributed by atoms with Crippen LogP contribution >= 0.6 is 0 Å². The van der Waals surface area contributed by atoms with Crippen molar-refractivity contribution >= 4 is 21.5 Å². The summed E-state index contributed by atoms with van der Waals surface area (Å²) >= 11 is 0. The van der Waals surface area contributed by atoms with E-state index in [9.17, 15) is 0 Å². The van der Waals surface area contributed by atoms with Gasteiger partial charge in [-0.3, -0.25) is 0 Å². The molecule has 1 aromatic heterocycles. The van der Waals surface area contributed by atoms with Crippen molar-refractivity contribution in [2.45, 2.75) is 0 Å². The number of aromatic nitrogens is 2. The van der Waals surface area contributed by atoms with Crippen molar-refractivity contribution in [1.82, 2.24) is 9.97 Å². The van der Waals surface area contributed by atoms with Crippen LogP contribution in [0, 0.1) is 0 Å². The molecule has 3 heteroatoms. The number of hydrogen-bond acceptors (Lipinski definition) is 3. The van der Waals surface area contributed by atoms with Crippen LogP contribution < -0.4 is 4.74 Å². The Morgan fingerprint density at radius 1 is 0.378 bits per heavy atom. The van der Waals surface area contributed by atoms with Crippen LogP contribution in [0.1, 0.15) is 0 Å². The summed E-state index contributed by atoms with van der Waals surface area (Å²) in [6.07, 6.45) is 0. The second kappa shape index (κ2) is 10.3. The van der Waals surface area contributed by atoms with Crippen molar-refractivity contribution in [3.8, 4) is 67.7 Å². The minimum Gasteiger partial charge on any atom is -0.456 e. The Labute approximate surface area is 261 Å². The highest BCUT2D eigenvalue weighted by Crippen LogP contribution is 2.47. The molecule has 8 aromatic rings. The first-order chi connectivity index (χ1) is 22.3. The van der Waals surface area contributed by atoms with E-state index >= 15 is 0 Å². The third-order valence-corrected chi connectivity index (χ3v) is 8.69. The van der Waals surface area contributed by atoms with Crippen molar-refractivity contribution in [2.75, 3.05) is 0 Å². The Morgan fingerprint density at radius 3 is 1.87 bits per heavy atom. The van der Waals surface area contributed by atoms with E-state index in [0.29, 0.717) is 5.82 Å². The van der Waals surface area contributed by atoms with Crippen LogP contribution in [0.4, 0.5) is 0 Å². The van der Waals surface area contributed by atoms with Crippen molar-refractivity contribution < 1.29 is 4.74 Å². The largest absolute Gasteiger partial charge is 0.456 e. The summed E-state index contributed by atoms with van der Waals surface area (Å²) in [6.45, 7) is 0. The second-order valence-electron chi connectivity index (χ2n) is 11.4. The van der Waals surface area contributed by atoms with Crippen LogP contribution in [-0.4, -0.2) is 9.97 Å². The van der Waals surface area contributed by atoms with Gasteiger partial charge in [0, 0.05) is 27.6 Å². The number of ether oxygens (including phenoxy) is 1. The summed E-state index contributed by atoms with van der Waals surface area (Å²) in [7, 11) is 0. The van der Waals surface area contributed by atoms with E-state index < -0.39 is 0 Å². The molecule has 0 bridgehead atoms. The zero-order valence-electron chi connectivity index (χ0n) is 24.3. The molecular formula is C42H26N2O. The van der Waals surface area contributed by atoms with Crippen molar-refractivity contribution in [1.29, 1.82) is 0 Å². The normalized spacial score (nSPS) is 11.7. The first-order valence-electron chi connectivity index (χ1n) is 15.2. The number of rotatable bonds is 4. The molecule has 45 heavy (non-hydrogen) atoms. The van der Waals surface area contributed by atoms with E-state index in [2.05, 4.69) is 127 Å². The molecular weight excluding hydrogens is 548 g/mol. The molecule has 0 spiro atoms. The predicted octanol–water partition coefficient (Wildman–Crippen LogP) is 11.2. The molecule has 1 aliphatic rings. The zero-order valence-corrected chi connectivity index (χ0v) is 24.3. The molecule has 2 heterocycles. The number of benzene rings is 7. The van der Waals surface area contributed by atoms with E-state index in [-0.39, 0.29) is 0 Å². The Bertz CT molecular complexity index is 2380. The van der Waals surface area contributed by atoms with Crippen molar-refractivity contribution in [2.24, 2.45) is 0 Å². The molecule has 210 valence electrons. The maximum absolute atomic E-state index is 6.37. The van der Waals surface area contributed by atoms with Crippen LogP contribution in [0.2, 0.25) is 0 Å². The summed E-state index contributed by atoms with van der Waals surface area (Å²) in [5.41, 5.74) is 9.42. The molecule has 7 aromatic carbocycles. The Balaban J connectivity index is 1.17. The molecule has 0 fully saturated rings. The molecule has 0 radical (unpaired) electrons. The standard InChI is InChI=1S/C42H26N2O/c1-2-10-31(11-3-1)42-43-37(29-21-19-28(20-22-29)34-16-6-12-27-9-4-5-15-33(27)34)26-38(44-42)32-23-24-39-36(25-32)35-17-7-13-30-14-8-18-40(45-39)41(30)35/h1-26H. The molecule has 9 rings (SSSR count). The molecule has 0 unspecified atom stereocenters. The predicted molar refractivity (Wildman–Crippen MR) is 184 cm³/mol. The van der Waals surface area contributed by atoms with Gasteiger partial charge in [-0.15, -0.1) is 0 Å². The molecule has 0 atom stereocenters. The van der Waals surface area contributed by atoms with Crippen molar-refractivity contribution in [3.63, 3.8) is 0 Å². The molecule has 3 nitrogen and oxygen atoms in total. The maximum Gasteiger partial charge on any atom is 0.160 e. The molecule has 0 amide bonds. The lowest BCUT2D eigenvalue weighted by molar-refractivity contribution is 0.487. The zero-order chi connectivity index (χ0) is 29.7. The Morgan fingerprint density at radius 2 is 1.02 bits per heavy atom. The smallest absolute Gasteiger partial charge is 0.160 e. The van der Waals surface area contributed by atoms with E-state index in [0.717, 1.165) is 50.5 Å². The molecule has 0 N–H and O–H groups in total. The van der Waals surface area contributed by atoms with Gasteiger partial charge in [0.1, 0.15) is 11.5 Å². The summed E-state index contributed by atoms with van der Waals surface area (Å²) < 4.78 is 6.37. The fourth-order valence-electron chi connectivity index (χ4n) is 6.48. The molecule has 0 saturated heterocycles. The average Bonchev–Trinajstić information content (AvgIpc) is 3.12. The lowest BCUT2D eigenvalue weighted by atomic mass is 9.93. The first kappa shape index (κ1) is 25.4. The van der Waals surface area contributed by atoms with Crippen LogP contribution in [0.25, 0.3) is 77.7 Å². The van der Waals surface area contributed by atoms with Crippen LogP contribution in [0.15, 0.2) is 158 Å². The molecule has 0 aliphatic carbocycles. The van der Waals surface area contributed by atoms with Gasteiger partial charge >= 0.3 is 0 Å². The third-order valence-electron chi connectivity index (χ3n) is 8.69. The number of nitrogens with zero attached hydrogens (tertiary/aromatic N) is 2. The van der Waals surface area contributed by atoms with E-state index in [4.69, 9.17) is 14.7 Å². The first-order valence-corrected chi connectivity index (χ1v) is 15.2. The second-order valence-corrected chi connectivity index (χ2v) is 11.4. The highest BCUT2D eigenvalue weighted by atomic mass is 16.5. The van der Waals surface area contributed by atoms with Crippen LogP contribution in [0.3, 0.4) is 0 Å². The summed E-state index contributed by atoms with van der Waals surface area (Å²) in [6, 6.07) is 55.0. The monoisotopic (exact) mass is 574 g/mol. The lowest BCUT2D eigenvalue weighted by Crippen LogP contribution is -1.99. The van der Waals surface area contributed by atoms with Crippen molar-refractivity contribution in [3.05, 3.63) is 158 Å². The van der Waals surface area contributed by atoms with Gasteiger partial charge < -0.3 is 4.74 Å². The van der Waals surface area contributed by atoms with E-state index in [1.54, 1.807) is 0 Å². The minimum absolute atomic E-state index is 0.697. The average molecular weight is 575 g/mol. The topological polar surface area (TPSA) is 35.0 Å². The van der Waals surface area contributed by atoms with Gasteiger partial charge in [0.2, 0.25) is 0 Å². The van der Waals surface area contributed by atoms with Gasteiger partial charge in [0.25, 0.3) is 0 Å². The number of hydrogen-bond donors (Lipinski definition) is 0. The third kappa shape index (κ3) is 4.37. The highest BCUT2D eigenvalue weighted by Gasteiger charge is 2.21. The molecule has 1 aliphatic heterocycles. The quantitative estimate of drug-likeness (QED) is 0.210. The SMILES string of the molecule is c1ccc(-c2nc(-c3ccc(-c4cccc5ccccc45)cc3)cc(-c3ccc4c(c3)-c3cccc5cccc(c35)O4)n2)cc1. The van der Waals surface area contributed by atoms with Gasteiger partial charge in [0.05, 0.1) is 11.4 Å². The van der Waals surface area contributed by atoms with E-state index in [1.165, 1.54) is 32.8 Å². The maximum atomic E-state index is 6.37. The summed E-state index contributed by atoms with van der Waals surface area (Å²) in [5, 5.41) is 4.80. The highest BCUT2D eigenvalue weighted by molar-refractivity contribution is 6.04. The van der Waals surface area contributed by atoms with Gasteiger partial charge in [-0.2, -0.15) is 0 Å². The Hall–Kier alpha value is -6.06.